The van der Waals surface area contributed by atoms with Gasteiger partial charge in [0.2, 0.25) is 6.79 Å². The molecule has 0 aliphatic carbocycles. The normalized spacial score (nSPS) is 12.3. The molecule has 7 heteroatoms. The molecule has 0 atom stereocenters. The van der Waals surface area contributed by atoms with E-state index in [0.717, 1.165) is 39.1 Å². The number of ether oxygens (including phenoxy) is 2. The summed E-state index contributed by atoms with van der Waals surface area (Å²) in [6.07, 6.45) is 4.04. The quantitative estimate of drug-likeness (QED) is 0.417. The average Bonchev–Trinajstić information content (AvgIpc) is 3.43. The summed E-state index contributed by atoms with van der Waals surface area (Å²) in [5, 5.41) is 0. The first-order chi connectivity index (χ1) is 15.2. The molecule has 0 fully saturated rings. The summed E-state index contributed by atoms with van der Waals surface area (Å²) < 4.78 is 12.8. The van der Waals surface area contributed by atoms with Gasteiger partial charge in [0.15, 0.2) is 11.5 Å². The standard InChI is InChI=1S/C24H21N3O3S/c1-26(13-17-5-10-21-22(12-17)30-16-29-21)24(28)18-6-8-20(9-7-18)31-15-19-14-27-11-3-2-4-23(27)25-19/h2-12,14H,13,15-16H2,1H3. The molecule has 1 aliphatic rings. The zero-order valence-electron chi connectivity index (χ0n) is 17.0. The van der Waals surface area contributed by atoms with E-state index in [4.69, 9.17) is 9.47 Å². The number of benzene rings is 2. The van der Waals surface area contributed by atoms with Crippen molar-refractivity contribution in [3.63, 3.8) is 0 Å². The van der Waals surface area contributed by atoms with Gasteiger partial charge in [-0.05, 0) is 54.1 Å². The molecule has 0 unspecified atom stereocenters. The van der Waals surface area contributed by atoms with Crippen molar-refractivity contribution in [1.82, 2.24) is 14.3 Å². The fourth-order valence-corrected chi connectivity index (χ4v) is 4.30. The lowest BCUT2D eigenvalue weighted by molar-refractivity contribution is 0.0785. The van der Waals surface area contributed by atoms with Crippen LogP contribution in [0.1, 0.15) is 21.6 Å². The van der Waals surface area contributed by atoms with Gasteiger partial charge < -0.3 is 18.8 Å². The Hall–Kier alpha value is -3.45. The number of carbonyl (C=O) groups is 1. The number of fused-ring (bicyclic) bond motifs is 2. The number of rotatable bonds is 6. The lowest BCUT2D eigenvalue weighted by Gasteiger charge is -2.17. The third kappa shape index (κ3) is 4.22. The van der Waals surface area contributed by atoms with E-state index in [2.05, 4.69) is 4.98 Å². The molecule has 0 saturated heterocycles. The Morgan fingerprint density at radius 1 is 1.10 bits per heavy atom. The Balaban J connectivity index is 1.20. The molecule has 0 spiro atoms. The van der Waals surface area contributed by atoms with Crippen molar-refractivity contribution in [2.45, 2.75) is 17.2 Å². The van der Waals surface area contributed by atoms with E-state index in [0.29, 0.717) is 12.1 Å². The molecule has 1 amide bonds. The van der Waals surface area contributed by atoms with Crippen LogP contribution in [0, 0.1) is 0 Å². The molecule has 0 saturated carbocycles. The van der Waals surface area contributed by atoms with Crippen LogP contribution in [0.25, 0.3) is 5.65 Å². The van der Waals surface area contributed by atoms with E-state index >= 15 is 0 Å². The summed E-state index contributed by atoms with van der Waals surface area (Å²) in [4.78, 5) is 20.3. The largest absolute Gasteiger partial charge is 0.454 e. The number of hydrogen-bond acceptors (Lipinski definition) is 5. The molecule has 4 aromatic rings. The number of pyridine rings is 1. The number of thioether (sulfide) groups is 1. The molecule has 2 aromatic heterocycles. The predicted molar refractivity (Wildman–Crippen MR) is 120 cm³/mol. The van der Waals surface area contributed by atoms with Crippen molar-refractivity contribution >= 4 is 23.3 Å². The third-order valence-corrected chi connectivity index (χ3v) is 6.15. The number of amides is 1. The van der Waals surface area contributed by atoms with Gasteiger partial charge in [0.05, 0.1) is 5.69 Å². The summed E-state index contributed by atoms with van der Waals surface area (Å²) >= 11 is 1.71. The lowest BCUT2D eigenvalue weighted by atomic mass is 10.1. The Labute approximate surface area is 184 Å². The van der Waals surface area contributed by atoms with Crippen LogP contribution in [0.5, 0.6) is 11.5 Å². The second-order valence-corrected chi connectivity index (χ2v) is 8.41. The molecule has 0 radical (unpaired) electrons. The van der Waals surface area contributed by atoms with Gasteiger partial charge in [0, 0.05) is 42.2 Å². The smallest absolute Gasteiger partial charge is 0.253 e. The molecule has 6 nitrogen and oxygen atoms in total. The van der Waals surface area contributed by atoms with Gasteiger partial charge in [-0.1, -0.05) is 12.1 Å². The topological polar surface area (TPSA) is 56.1 Å². The minimum absolute atomic E-state index is 0.0189. The van der Waals surface area contributed by atoms with Gasteiger partial charge in [-0.15, -0.1) is 11.8 Å². The van der Waals surface area contributed by atoms with Crippen LogP contribution in [-0.2, 0) is 12.3 Å². The molecule has 156 valence electrons. The molecule has 5 rings (SSSR count). The first-order valence-electron chi connectivity index (χ1n) is 9.95. The fraction of sp³-hybridized carbons (Fsp3) is 0.167. The molecule has 3 heterocycles. The maximum absolute atomic E-state index is 12.8. The van der Waals surface area contributed by atoms with E-state index < -0.39 is 0 Å². The monoisotopic (exact) mass is 431 g/mol. The molecule has 2 aromatic carbocycles. The van der Waals surface area contributed by atoms with E-state index in [9.17, 15) is 4.79 Å². The van der Waals surface area contributed by atoms with Crippen molar-refractivity contribution in [2.75, 3.05) is 13.8 Å². The van der Waals surface area contributed by atoms with Crippen molar-refractivity contribution < 1.29 is 14.3 Å². The van der Waals surface area contributed by atoms with E-state index in [-0.39, 0.29) is 12.7 Å². The van der Waals surface area contributed by atoms with Crippen molar-refractivity contribution in [3.8, 4) is 11.5 Å². The highest BCUT2D eigenvalue weighted by Gasteiger charge is 2.16. The summed E-state index contributed by atoms with van der Waals surface area (Å²) in [5.41, 5.74) is 3.64. The Morgan fingerprint density at radius 2 is 1.94 bits per heavy atom. The Kier molecular flexibility index (Phi) is 5.26. The predicted octanol–water partition coefficient (Wildman–Crippen LogP) is 4.63. The Morgan fingerprint density at radius 3 is 2.77 bits per heavy atom. The Bertz CT molecular complexity index is 1200. The highest BCUT2D eigenvalue weighted by atomic mass is 32.2. The summed E-state index contributed by atoms with van der Waals surface area (Å²) in [6.45, 7) is 0.745. The molecule has 0 N–H and O–H groups in total. The van der Waals surface area contributed by atoms with Gasteiger partial charge in [0.1, 0.15) is 5.65 Å². The van der Waals surface area contributed by atoms with Crippen LogP contribution in [0.15, 0.2) is 78.0 Å². The average molecular weight is 432 g/mol. The molecule has 1 aliphatic heterocycles. The number of nitrogens with zero attached hydrogens (tertiary/aromatic N) is 3. The lowest BCUT2D eigenvalue weighted by Crippen LogP contribution is -2.26. The third-order valence-electron chi connectivity index (χ3n) is 5.11. The van der Waals surface area contributed by atoms with Crippen LogP contribution >= 0.6 is 11.8 Å². The number of hydrogen-bond donors (Lipinski definition) is 0. The summed E-state index contributed by atoms with van der Waals surface area (Å²) in [7, 11) is 1.80. The van der Waals surface area contributed by atoms with Gasteiger partial charge in [-0.2, -0.15) is 0 Å². The zero-order valence-corrected chi connectivity index (χ0v) is 17.8. The summed E-state index contributed by atoms with van der Waals surface area (Å²) in [5.74, 6) is 2.23. The van der Waals surface area contributed by atoms with Crippen LogP contribution in [0.2, 0.25) is 0 Å². The van der Waals surface area contributed by atoms with Gasteiger partial charge in [0.25, 0.3) is 5.91 Å². The fourth-order valence-electron chi connectivity index (χ4n) is 3.51. The molecular weight excluding hydrogens is 410 g/mol. The van der Waals surface area contributed by atoms with Crippen molar-refractivity contribution in [2.24, 2.45) is 0 Å². The van der Waals surface area contributed by atoms with Crippen LogP contribution < -0.4 is 9.47 Å². The van der Waals surface area contributed by atoms with Crippen LogP contribution in [0.4, 0.5) is 0 Å². The second kappa shape index (κ2) is 8.35. The summed E-state index contributed by atoms with van der Waals surface area (Å²) in [6, 6.07) is 19.5. The number of carbonyl (C=O) groups excluding carboxylic acids is 1. The number of imidazole rings is 1. The molecular formula is C24H21N3O3S. The van der Waals surface area contributed by atoms with Crippen LogP contribution in [-0.4, -0.2) is 34.0 Å². The van der Waals surface area contributed by atoms with Crippen LogP contribution in [0.3, 0.4) is 0 Å². The van der Waals surface area contributed by atoms with E-state index in [1.54, 1.807) is 23.7 Å². The van der Waals surface area contributed by atoms with E-state index in [1.807, 2.05) is 77.5 Å². The van der Waals surface area contributed by atoms with Crippen molar-refractivity contribution in [3.05, 3.63) is 89.9 Å². The molecule has 0 bridgehead atoms. The maximum atomic E-state index is 12.8. The van der Waals surface area contributed by atoms with Crippen molar-refractivity contribution in [1.29, 1.82) is 0 Å². The van der Waals surface area contributed by atoms with Gasteiger partial charge >= 0.3 is 0 Å². The first kappa shape index (κ1) is 19.5. The zero-order chi connectivity index (χ0) is 21.2. The highest BCUT2D eigenvalue weighted by Crippen LogP contribution is 2.33. The second-order valence-electron chi connectivity index (χ2n) is 7.36. The van der Waals surface area contributed by atoms with Gasteiger partial charge in [-0.3, -0.25) is 4.79 Å². The maximum Gasteiger partial charge on any atom is 0.253 e. The molecule has 31 heavy (non-hydrogen) atoms. The van der Waals surface area contributed by atoms with Gasteiger partial charge in [-0.25, -0.2) is 4.98 Å². The highest BCUT2D eigenvalue weighted by molar-refractivity contribution is 7.98. The minimum Gasteiger partial charge on any atom is -0.454 e. The SMILES string of the molecule is CN(Cc1ccc2c(c1)OCO2)C(=O)c1ccc(SCc2cn3ccccc3n2)cc1. The first-order valence-corrected chi connectivity index (χ1v) is 10.9. The van der Waals surface area contributed by atoms with E-state index in [1.165, 1.54) is 0 Å². The number of aromatic nitrogens is 2. The minimum atomic E-state index is -0.0189.